The molecule has 0 aliphatic heterocycles. The SMILES string of the molecule is COc1ccc(S(=O)(=O)CC(=O)O)cc1OC. The summed E-state index contributed by atoms with van der Waals surface area (Å²) in [6.45, 7) is 0. The van der Waals surface area contributed by atoms with Crippen molar-refractivity contribution in [1.82, 2.24) is 0 Å². The van der Waals surface area contributed by atoms with E-state index in [4.69, 9.17) is 14.6 Å². The van der Waals surface area contributed by atoms with Crippen LogP contribution in [0.3, 0.4) is 0 Å². The number of rotatable bonds is 5. The number of hydrogen-bond acceptors (Lipinski definition) is 5. The molecule has 0 spiro atoms. The third-order valence-electron chi connectivity index (χ3n) is 2.03. The van der Waals surface area contributed by atoms with Crippen molar-refractivity contribution in [2.45, 2.75) is 4.90 Å². The Hall–Kier alpha value is -1.76. The second kappa shape index (κ2) is 5.05. The van der Waals surface area contributed by atoms with Crippen LogP contribution < -0.4 is 9.47 Å². The summed E-state index contributed by atoms with van der Waals surface area (Å²) in [4.78, 5) is 10.3. The topological polar surface area (TPSA) is 89.9 Å². The Bertz CT molecular complexity index is 520. The van der Waals surface area contributed by atoms with E-state index < -0.39 is 21.6 Å². The summed E-state index contributed by atoms with van der Waals surface area (Å²) in [5, 5.41) is 8.50. The van der Waals surface area contributed by atoms with E-state index >= 15 is 0 Å². The maximum atomic E-state index is 11.6. The first kappa shape index (κ1) is 13.3. The van der Waals surface area contributed by atoms with Crippen LogP contribution in [0.25, 0.3) is 0 Å². The molecule has 0 aliphatic rings. The summed E-state index contributed by atoms with van der Waals surface area (Å²) in [5.41, 5.74) is 0. The van der Waals surface area contributed by atoms with Gasteiger partial charge in [0.2, 0.25) is 0 Å². The van der Waals surface area contributed by atoms with Crippen LogP contribution in [0.2, 0.25) is 0 Å². The van der Waals surface area contributed by atoms with Gasteiger partial charge >= 0.3 is 5.97 Å². The predicted molar refractivity (Wildman–Crippen MR) is 59.2 cm³/mol. The second-order valence-corrected chi connectivity index (χ2v) is 5.16. The summed E-state index contributed by atoms with van der Waals surface area (Å²) in [5.74, 6) is -1.75. The van der Waals surface area contributed by atoms with E-state index in [1.807, 2.05) is 0 Å². The Balaban J connectivity index is 3.20. The van der Waals surface area contributed by atoms with Crippen molar-refractivity contribution >= 4 is 15.8 Å². The molecule has 1 aromatic rings. The van der Waals surface area contributed by atoms with Gasteiger partial charge in [-0.3, -0.25) is 4.79 Å². The van der Waals surface area contributed by atoms with E-state index in [1.54, 1.807) is 0 Å². The second-order valence-electron chi connectivity index (χ2n) is 3.17. The highest BCUT2D eigenvalue weighted by molar-refractivity contribution is 7.92. The lowest BCUT2D eigenvalue weighted by atomic mass is 10.3. The molecule has 1 rings (SSSR count). The molecule has 0 fully saturated rings. The molecule has 0 heterocycles. The van der Waals surface area contributed by atoms with Gasteiger partial charge in [-0.05, 0) is 12.1 Å². The van der Waals surface area contributed by atoms with Crippen LogP contribution in [-0.2, 0) is 14.6 Å². The van der Waals surface area contributed by atoms with Gasteiger partial charge < -0.3 is 14.6 Å². The standard InChI is InChI=1S/C10H12O6S/c1-15-8-4-3-7(5-9(8)16-2)17(13,14)6-10(11)12/h3-5H,6H2,1-2H3,(H,11,12). The molecular formula is C10H12O6S. The predicted octanol–water partition coefficient (Wildman–Crippen LogP) is 0.562. The molecule has 94 valence electrons. The van der Waals surface area contributed by atoms with Gasteiger partial charge in [-0.15, -0.1) is 0 Å². The first-order valence-electron chi connectivity index (χ1n) is 4.57. The minimum atomic E-state index is -3.85. The number of hydrogen-bond donors (Lipinski definition) is 1. The maximum absolute atomic E-state index is 11.6. The molecule has 0 radical (unpaired) electrons. The van der Waals surface area contributed by atoms with Crippen molar-refractivity contribution in [3.8, 4) is 11.5 Å². The number of sulfone groups is 1. The Morgan fingerprint density at radius 3 is 2.29 bits per heavy atom. The normalized spacial score (nSPS) is 10.9. The number of benzene rings is 1. The van der Waals surface area contributed by atoms with Crippen LogP contribution in [0.5, 0.6) is 11.5 Å². The third kappa shape index (κ3) is 3.10. The van der Waals surface area contributed by atoms with E-state index in [-0.39, 0.29) is 10.6 Å². The van der Waals surface area contributed by atoms with Crippen LogP contribution in [0.1, 0.15) is 0 Å². The minimum Gasteiger partial charge on any atom is -0.493 e. The molecular weight excluding hydrogens is 248 g/mol. The zero-order valence-corrected chi connectivity index (χ0v) is 10.2. The first-order valence-corrected chi connectivity index (χ1v) is 6.22. The van der Waals surface area contributed by atoms with Crippen LogP contribution >= 0.6 is 0 Å². The number of carboxylic acid groups (broad SMARTS) is 1. The molecule has 0 atom stereocenters. The third-order valence-corrected chi connectivity index (χ3v) is 3.63. The highest BCUT2D eigenvalue weighted by Gasteiger charge is 2.20. The number of aliphatic carboxylic acids is 1. The molecule has 0 saturated carbocycles. The van der Waals surface area contributed by atoms with E-state index in [0.29, 0.717) is 5.75 Å². The lowest BCUT2D eigenvalue weighted by molar-refractivity contribution is -0.134. The fourth-order valence-corrected chi connectivity index (χ4v) is 2.31. The van der Waals surface area contributed by atoms with Crippen molar-refractivity contribution < 1.29 is 27.8 Å². The highest BCUT2D eigenvalue weighted by Crippen LogP contribution is 2.29. The van der Waals surface area contributed by atoms with E-state index in [0.717, 1.165) is 0 Å². The molecule has 17 heavy (non-hydrogen) atoms. The molecule has 6 nitrogen and oxygen atoms in total. The van der Waals surface area contributed by atoms with E-state index in [9.17, 15) is 13.2 Å². The average molecular weight is 260 g/mol. The fraction of sp³-hybridized carbons (Fsp3) is 0.300. The molecule has 0 saturated heterocycles. The molecule has 0 aliphatic carbocycles. The fourth-order valence-electron chi connectivity index (χ4n) is 1.26. The van der Waals surface area contributed by atoms with E-state index in [1.165, 1.54) is 32.4 Å². The largest absolute Gasteiger partial charge is 0.493 e. The summed E-state index contributed by atoms with van der Waals surface area (Å²) >= 11 is 0. The summed E-state index contributed by atoms with van der Waals surface area (Å²) in [6.07, 6.45) is 0. The molecule has 0 amide bonds. The Labute approximate surface area is 98.7 Å². The van der Waals surface area contributed by atoms with Gasteiger partial charge in [0.05, 0.1) is 19.1 Å². The summed E-state index contributed by atoms with van der Waals surface area (Å²) in [7, 11) is -1.07. The number of ether oxygens (including phenoxy) is 2. The first-order chi connectivity index (χ1) is 7.90. The van der Waals surface area contributed by atoms with Crippen LogP contribution in [0.15, 0.2) is 23.1 Å². The highest BCUT2D eigenvalue weighted by atomic mass is 32.2. The van der Waals surface area contributed by atoms with Crippen LogP contribution in [-0.4, -0.2) is 39.5 Å². The molecule has 0 unspecified atom stereocenters. The monoisotopic (exact) mass is 260 g/mol. The molecule has 0 aromatic heterocycles. The van der Waals surface area contributed by atoms with E-state index in [2.05, 4.69) is 0 Å². The van der Waals surface area contributed by atoms with Crippen LogP contribution in [0, 0.1) is 0 Å². The lowest BCUT2D eigenvalue weighted by Gasteiger charge is -2.09. The van der Waals surface area contributed by atoms with Gasteiger partial charge in [-0.1, -0.05) is 0 Å². The summed E-state index contributed by atoms with van der Waals surface area (Å²) < 4.78 is 33.2. The van der Waals surface area contributed by atoms with Crippen molar-refractivity contribution in [2.24, 2.45) is 0 Å². The number of carboxylic acids is 1. The van der Waals surface area contributed by atoms with Crippen LogP contribution in [0.4, 0.5) is 0 Å². The quantitative estimate of drug-likeness (QED) is 0.832. The maximum Gasteiger partial charge on any atom is 0.319 e. The van der Waals surface area contributed by atoms with Crippen molar-refractivity contribution in [3.63, 3.8) is 0 Å². The van der Waals surface area contributed by atoms with Gasteiger partial charge in [0, 0.05) is 6.07 Å². The number of carbonyl (C=O) groups is 1. The Morgan fingerprint density at radius 1 is 1.24 bits per heavy atom. The molecule has 0 bridgehead atoms. The lowest BCUT2D eigenvalue weighted by Crippen LogP contribution is -2.15. The average Bonchev–Trinajstić information content (AvgIpc) is 2.26. The van der Waals surface area contributed by atoms with Crippen molar-refractivity contribution in [3.05, 3.63) is 18.2 Å². The van der Waals surface area contributed by atoms with Gasteiger partial charge in [0.1, 0.15) is 0 Å². The smallest absolute Gasteiger partial charge is 0.319 e. The molecule has 7 heteroatoms. The van der Waals surface area contributed by atoms with Crippen molar-refractivity contribution in [1.29, 1.82) is 0 Å². The van der Waals surface area contributed by atoms with Gasteiger partial charge in [0.15, 0.2) is 27.1 Å². The van der Waals surface area contributed by atoms with Gasteiger partial charge in [0.25, 0.3) is 0 Å². The Kier molecular flexibility index (Phi) is 3.95. The summed E-state index contributed by atoms with van der Waals surface area (Å²) in [6, 6.07) is 3.92. The Morgan fingerprint density at radius 2 is 1.82 bits per heavy atom. The van der Waals surface area contributed by atoms with Crippen molar-refractivity contribution in [2.75, 3.05) is 20.0 Å². The zero-order chi connectivity index (χ0) is 13.1. The minimum absolute atomic E-state index is 0.113. The molecule has 1 N–H and O–H groups in total. The zero-order valence-electron chi connectivity index (χ0n) is 9.34. The number of methoxy groups -OCH3 is 2. The van der Waals surface area contributed by atoms with Gasteiger partial charge in [-0.25, -0.2) is 8.42 Å². The van der Waals surface area contributed by atoms with Gasteiger partial charge in [-0.2, -0.15) is 0 Å². The molecule has 1 aromatic carbocycles.